The predicted octanol–water partition coefficient (Wildman–Crippen LogP) is 3.32. The van der Waals surface area contributed by atoms with Crippen LogP contribution in [0.25, 0.3) is 0 Å². The predicted molar refractivity (Wildman–Crippen MR) is 79.0 cm³/mol. The van der Waals surface area contributed by atoms with E-state index in [1.807, 2.05) is 24.3 Å². The summed E-state index contributed by atoms with van der Waals surface area (Å²) in [6.45, 7) is 2.18. The Morgan fingerprint density at radius 3 is 2.85 bits per heavy atom. The molecular formula is C17H23NO2. The highest BCUT2D eigenvalue weighted by Crippen LogP contribution is 2.34. The van der Waals surface area contributed by atoms with E-state index in [2.05, 4.69) is 6.92 Å². The summed E-state index contributed by atoms with van der Waals surface area (Å²) in [5.74, 6) is 1.40. The number of benzene rings is 1. The molecule has 0 aromatic heterocycles. The lowest BCUT2D eigenvalue weighted by atomic mass is 9.73. The van der Waals surface area contributed by atoms with E-state index in [1.165, 1.54) is 6.42 Å². The Morgan fingerprint density at radius 1 is 1.35 bits per heavy atom. The van der Waals surface area contributed by atoms with Crippen LogP contribution in [0.1, 0.15) is 55.8 Å². The second-order valence-electron chi connectivity index (χ2n) is 6.53. The van der Waals surface area contributed by atoms with Crippen molar-refractivity contribution in [2.75, 3.05) is 0 Å². The zero-order chi connectivity index (χ0) is 14.2. The second-order valence-corrected chi connectivity index (χ2v) is 6.53. The largest absolute Gasteiger partial charge is 0.490 e. The summed E-state index contributed by atoms with van der Waals surface area (Å²) >= 11 is 0. The first kappa shape index (κ1) is 13.6. The number of nitrogens with two attached hydrogens (primary N) is 1. The van der Waals surface area contributed by atoms with Crippen LogP contribution < -0.4 is 10.5 Å². The molecule has 0 heterocycles. The van der Waals surface area contributed by atoms with E-state index in [0.29, 0.717) is 17.6 Å². The first-order valence-electron chi connectivity index (χ1n) is 7.67. The monoisotopic (exact) mass is 273 g/mol. The molecule has 20 heavy (non-hydrogen) atoms. The molecule has 1 aromatic rings. The van der Waals surface area contributed by atoms with Crippen molar-refractivity contribution in [2.45, 2.75) is 57.1 Å². The summed E-state index contributed by atoms with van der Waals surface area (Å²) in [6.07, 6.45) is 6.40. The number of Topliss-reactive ketones (excluding diaryl/α,β-unsaturated/α-hetero) is 1. The van der Waals surface area contributed by atoms with Crippen molar-refractivity contribution in [2.24, 2.45) is 11.7 Å². The Bertz CT molecular complexity index is 509. The Morgan fingerprint density at radius 2 is 2.15 bits per heavy atom. The van der Waals surface area contributed by atoms with Crippen molar-refractivity contribution < 1.29 is 9.53 Å². The van der Waals surface area contributed by atoms with Gasteiger partial charge in [-0.3, -0.25) is 4.79 Å². The van der Waals surface area contributed by atoms with Gasteiger partial charge in [0.25, 0.3) is 0 Å². The third-order valence-corrected chi connectivity index (χ3v) is 4.41. The molecule has 0 spiro atoms. The molecule has 0 radical (unpaired) electrons. The Kier molecular flexibility index (Phi) is 3.55. The lowest BCUT2D eigenvalue weighted by molar-refractivity contribution is 0.0819. The fraction of sp³-hybridized carbons (Fsp3) is 0.588. The van der Waals surface area contributed by atoms with Gasteiger partial charge in [0.1, 0.15) is 5.75 Å². The standard InChI is InChI=1S/C17H23NO2/c1-12-4-3-9-17(18,11-12)16(19)13-5-2-6-15(10-13)20-14-7-8-14/h2,5-6,10,12,14H,3-4,7-9,11,18H2,1H3. The summed E-state index contributed by atoms with van der Waals surface area (Å²) in [6, 6.07) is 7.52. The molecule has 3 rings (SSSR count). The Hall–Kier alpha value is -1.35. The van der Waals surface area contributed by atoms with Crippen LogP contribution in [0, 0.1) is 5.92 Å². The normalized spacial score (nSPS) is 30.0. The van der Waals surface area contributed by atoms with Crippen LogP contribution in [-0.2, 0) is 0 Å². The van der Waals surface area contributed by atoms with Gasteiger partial charge in [-0.15, -0.1) is 0 Å². The van der Waals surface area contributed by atoms with Crippen molar-refractivity contribution in [1.29, 1.82) is 0 Å². The van der Waals surface area contributed by atoms with E-state index in [1.54, 1.807) is 0 Å². The fourth-order valence-corrected chi connectivity index (χ4v) is 3.17. The van der Waals surface area contributed by atoms with Crippen LogP contribution in [0.4, 0.5) is 0 Å². The molecule has 2 saturated carbocycles. The fourth-order valence-electron chi connectivity index (χ4n) is 3.17. The average Bonchev–Trinajstić information content (AvgIpc) is 3.22. The molecule has 2 atom stereocenters. The van der Waals surface area contributed by atoms with E-state index >= 15 is 0 Å². The number of hydrogen-bond donors (Lipinski definition) is 1. The maximum absolute atomic E-state index is 12.7. The third kappa shape index (κ3) is 2.88. The van der Waals surface area contributed by atoms with E-state index in [-0.39, 0.29) is 5.78 Å². The topological polar surface area (TPSA) is 52.3 Å². The molecule has 0 amide bonds. The van der Waals surface area contributed by atoms with E-state index in [9.17, 15) is 4.79 Å². The molecule has 2 aliphatic carbocycles. The molecule has 2 fully saturated rings. The highest BCUT2D eigenvalue weighted by Gasteiger charge is 2.38. The molecule has 2 unspecified atom stereocenters. The minimum Gasteiger partial charge on any atom is -0.490 e. The molecule has 1 aromatic carbocycles. The number of ketones is 1. The van der Waals surface area contributed by atoms with Gasteiger partial charge in [-0.1, -0.05) is 31.9 Å². The zero-order valence-corrected chi connectivity index (χ0v) is 12.1. The number of hydrogen-bond acceptors (Lipinski definition) is 3. The smallest absolute Gasteiger partial charge is 0.182 e. The van der Waals surface area contributed by atoms with Crippen molar-refractivity contribution in [3.05, 3.63) is 29.8 Å². The molecule has 3 heteroatoms. The molecule has 0 bridgehead atoms. The van der Waals surface area contributed by atoms with Gasteiger partial charge >= 0.3 is 0 Å². The maximum Gasteiger partial charge on any atom is 0.182 e. The van der Waals surface area contributed by atoms with Crippen molar-refractivity contribution in [3.63, 3.8) is 0 Å². The SMILES string of the molecule is CC1CCCC(N)(C(=O)c2cccc(OC3CC3)c2)C1. The Labute approximate surface area is 120 Å². The quantitative estimate of drug-likeness (QED) is 0.856. The van der Waals surface area contributed by atoms with Gasteiger partial charge in [-0.05, 0) is 43.7 Å². The summed E-state index contributed by atoms with van der Waals surface area (Å²) < 4.78 is 5.76. The van der Waals surface area contributed by atoms with Crippen LogP contribution in [0.15, 0.2) is 24.3 Å². The molecule has 0 aliphatic heterocycles. The minimum absolute atomic E-state index is 0.0743. The number of carbonyl (C=O) groups is 1. The van der Waals surface area contributed by atoms with Gasteiger partial charge in [0.15, 0.2) is 5.78 Å². The summed E-state index contributed by atoms with van der Waals surface area (Å²) in [4.78, 5) is 12.7. The molecule has 108 valence electrons. The highest BCUT2D eigenvalue weighted by molar-refractivity contribution is 6.03. The van der Waals surface area contributed by atoms with Gasteiger partial charge in [0.05, 0.1) is 11.6 Å². The van der Waals surface area contributed by atoms with Crippen LogP contribution in [0.2, 0.25) is 0 Å². The number of rotatable bonds is 4. The van der Waals surface area contributed by atoms with Gasteiger partial charge in [-0.2, -0.15) is 0 Å². The lowest BCUT2D eigenvalue weighted by Crippen LogP contribution is -2.51. The molecule has 2 aliphatic rings. The summed E-state index contributed by atoms with van der Waals surface area (Å²) in [7, 11) is 0. The van der Waals surface area contributed by atoms with Crippen LogP contribution in [0.5, 0.6) is 5.75 Å². The highest BCUT2D eigenvalue weighted by atomic mass is 16.5. The third-order valence-electron chi connectivity index (χ3n) is 4.41. The van der Waals surface area contributed by atoms with Gasteiger partial charge in [0, 0.05) is 5.56 Å². The van der Waals surface area contributed by atoms with Gasteiger partial charge in [0.2, 0.25) is 0 Å². The minimum atomic E-state index is -0.685. The summed E-state index contributed by atoms with van der Waals surface area (Å²) in [5.41, 5.74) is 6.41. The van der Waals surface area contributed by atoms with E-state index in [4.69, 9.17) is 10.5 Å². The van der Waals surface area contributed by atoms with Crippen molar-refractivity contribution in [3.8, 4) is 5.75 Å². The zero-order valence-electron chi connectivity index (χ0n) is 12.1. The average molecular weight is 273 g/mol. The van der Waals surface area contributed by atoms with Gasteiger partial charge < -0.3 is 10.5 Å². The van der Waals surface area contributed by atoms with Crippen LogP contribution in [0.3, 0.4) is 0 Å². The van der Waals surface area contributed by atoms with Crippen LogP contribution in [-0.4, -0.2) is 17.4 Å². The van der Waals surface area contributed by atoms with Crippen molar-refractivity contribution >= 4 is 5.78 Å². The van der Waals surface area contributed by atoms with Crippen LogP contribution >= 0.6 is 0 Å². The number of carbonyl (C=O) groups excluding carboxylic acids is 1. The molecule has 3 nitrogen and oxygen atoms in total. The number of ether oxygens (including phenoxy) is 1. The van der Waals surface area contributed by atoms with Gasteiger partial charge in [-0.25, -0.2) is 0 Å². The summed E-state index contributed by atoms with van der Waals surface area (Å²) in [5, 5.41) is 0. The van der Waals surface area contributed by atoms with E-state index in [0.717, 1.165) is 37.9 Å². The second kappa shape index (κ2) is 5.21. The maximum atomic E-state index is 12.7. The first-order valence-corrected chi connectivity index (χ1v) is 7.67. The van der Waals surface area contributed by atoms with E-state index < -0.39 is 5.54 Å². The first-order chi connectivity index (χ1) is 9.57. The lowest BCUT2D eigenvalue weighted by Gasteiger charge is -2.35. The molecule has 2 N–H and O–H groups in total. The molecular weight excluding hydrogens is 250 g/mol. The van der Waals surface area contributed by atoms with Crippen molar-refractivity contribution in [1.82, 2.24) is 0 Å². The Balaban J connectivity index is 1.78. The molecule has 0 saturated heterocycles.